The molecule has 0 radical (unpaired) electrons. The third-order valence-corrected chi connectivity index (χ3v) is 5.12. The molecule has 4 heteroatoms. The maximum absolute atomic E-state index is 10.5. The van der Waals surface area contributed by atoms with Gasteiger partial charge in [0.2, 0.25) is 0 Å². The van der Waals surface area contributed by atoms with E-state index in [1.54, 1.807) is 0 Å². The quantitative estimate of drug-likeness (QED) is 0.342. The van der Waals surface area contributed by atoms with Crippen molar-refractivity contribution in [2.24, 2.45) is 5.92 Å². The molecule has 0 heterocycles. The van der Waals surface area contributed by atoms with Gasteiger partial charge >= 0.3 is 5.97 Å². The maximum atomic E-state index is 10.5. The van der Waals surface area contributed by atoms with Crippen molar-refractivity contribution < 1.29 is 20.1 Å². The Morgan fingerprint density at radius 1 is 1.21 bits per heavy atom. The molecule has 1 rings (SSSR count). The maximum Gasteiger partial charge on any atom is 0.303 e. The molecule has 0 aromatic carbocycles. The Bertz CT molecular complexity index is 378. The van der Waals surface area contributed by atoms with Gasteiger partial charge in [-0.15, -0.1) is 0 Å². The van der Waals surface area contributed by atoms with E-state index in [1.165, 1.54) is 18.4 Å². The van der Waals surface area contributed by atoms with Crippen LogP contribution in [0, 0.1) is 5.92 Å². The highest BCUT2D eigenvalue weighted by Crippen LogP contribution is 2.35. The first-order chi connectivity index (χ1) is 11.5. The molecule has 1 saturated carbocycles. The van der Waals surface area contributed by atoms with E-state index in [1.807, 2.05) is 0 Å². The van der Waals surface area contributed by atoms with Crippen LogP contribution >= 0.6 is 0 Å². The van der Waals surface area contributed by atoms with E-state index in [2.05, 4.69) is 13.0 Å². The van der Waals surface area contributed by atoms with Gasteiger partial charge in [-0.25, -0.2) is 0 Å². The fourth-order valence-corrected chi connectivity index (χ4v) is 3.61. The number of aliphatic carboxylic acids is 1. The van der Waals surface area contributed by atoms with E-state index >= 15 is 0 Å². The molecule has 0 aromatic rings. The van der Waals surface area contributed by atoms with Crippen molar-refractivity contribution in [1.29, 1.82) is 0 Å². The van der Waals surface area contributed by atoms with Gasteiger partial charge in [-0.2, -0.15) is 0 Å². The first-order valence-corrected chi connectivity index (χ1v) is 9.81. The highest BCUT2D eigenvalue weighted by Gasteiger charge is 2.29. The average molecular weight is 341 g/mol. The predicted octanol–water partition coefficient (Wildman–Crippen LogP) is 4.44. The molecular weight excluding hydrogens is 304 g/mol. The number of carbonyl (C=O) groups is 1. The fraction of sp³-hybridized carbons (Fsp3) is 0.850. The standard InChI is InChI=1S/C20H36O4/c1-2-3-6-9-17(21)14-12-16-13-15-19(22)18(16)10-7-4-5-8-11-20(23)24/h12,17-19,21-22H,2-11,13-15H2,1H3,(H,23,24)/t17?,18-,19-/m1/s1. The van der Waals surface area contributed by atoms with Crippen LogP contribution in [0.2, 0.25) is 0 Å². The van der Waals surface area contributed by atoms with Gasteiger partial charge in [-0.3, -0.25) is 4.79 Å². The summed E-state index contributed by atoms with van der Waals surface area (Å²) in [7, 11) is 0. The van der Waals surface area contributed by atoms with Gasteiger partial charge < -0.3 is 15.3 Å². The Kier molecular flexibility index (Phi) is 11.0. The van der Waals surface area contributed by atoms with Gasteiger partial charge in [0.25, 0.3) is 0 Å². The molecule has 1 aliphatic carbocycles. The van der Waals surface area contributed by atoms with Crippen LogP contribution in [0.5, 0.6) is 0 Å². The minimum atomic E-state index is -0.719. The Labute approximate surface area is 147 Å². The molecule has 0 aliphatic heterocycles. The van der Waals surface area contributed by atoms with Gasteiger partial charge in [-0.05, 0) is 38.5 Å². The lowest BCUT2D eigenvalue weighted by Crippen LogP contribution is -2.14. The SMILES string of the molecule is CCCCCC(O)CC=C1CC[C@@H](O)[C@@H]1CCCCCCC(=O)O. The third kappa shape index (κ3) is 8.84. The summed E-state index contributed by atoms with van der Waals surface area (Å²) < 4.78 is 0. The lowest BCUT2D eigenvalue weighted by molar-refractivity contribution is -0.137. The molecule has 3 atom stereocenters. The van der Waals surface area contributed by atoms with Crippen molar-refractivity contribution in [3.63, 3.8) is 0 Å². The Balaban J connectivity index is 2.27. The van der Waals surface area contributed by atoms with Crippen molar-refractivity contribution in [3.05, 3.63) is 11.6 Å². The van der Waals surface area contributed by atoms with E-state index in [0.717, 1.165) is 57.8 Å². The molecule has 0 saturated heterocycles. The minimum absolute atomic E-state index is 0.243. The molecule has 4 nitrogen and oxygen atoms in total. The van der Waals surface area contributed by atoms with E-state index in [0.29, 0.717) is 6.42 Å². The zero-order chi connectivity index (χ0) is 17.8. The summed E-state index contributed by atoms with van der Waals surface area (Å²) in [6.45, 7) is 2.17. The molecular formula is C20H36O4. The number of aliphatic hydroxyl groups is 2. The van der Waals surface area contributed by atoms with Crippen LogP contribution in [0.15, 0.2) is 11.6 Å². The zero-order valence-corrected chi connectivity index (χ0v) is 15.3. The molecule has 24 heavy (non-hydrogen) atoms. The summed E-state index contributed by atoms with van der Waals surface area (Å²) in [6.07, 6.45) is 13.5. The van der Waals surface area contributed by atoms with E-state index < -0.39 is 5.97 Å². The minimum Gasteiger partial charge on any atom is -0.481 e. The summed E-state index contributed by atoms with van der Waals surface area (Å²) >= 11 is 0. The van der Waals surface area contributed by atoms with Crippen molar-refractivity contribution in [2.75, 3.05) is 0 Å². The highest BCUT2D eigenvalue weighted by molar-refractivity contribution is 5.66. The second kappa shape index (κ2) is 12.5. The molecule has 3 N–H and O–H groups in total. The molecule has 0 aromatic heterocycles. The summed E-state index contributed by atoms with van der Waals surface area (Å²) in [4.78, 5) is 10.5. The van der Waals surface area contributed by atoms with Gasteiger partial charge in [0, 0.05) is 12.3 Å². The van der Waals surface area contributed by atoms with Crippen LogP contribution in [0.4, 0.5) is 0 Å². The number of hydrogen-bond acceptors (Lipinski definition) is 3. The molecule has 0 spiro atoms. The first kappa shape index (κ1) is 21.2. The van der Waals surface area contributed by atoms with Crippen LogP contribution < -0.4 is 0 Å². The van der Waals surface area contributed by atoms with Gasteiger partial charge in [0.05, 0.1) is 12.2 Å². The smallest absolute Gasteiger partial charge is 0.303 e. The third-order valence-electron chi connectivity index (χ3n) is 5.12. The summed E-state index contributed by atoms with van der Waals surface area (Å²) in [5, 5.41) is 28.9. The molecule has 1 aliphatic rings. The molecule has 0 bridgehead atoms. The fourth-order valence-electron chi connectivity index (χ4n) is 3.61. The molecule has 140 valence electrons. The average Bonchev–Trinajstić information content (AvgIpc) is 2.89. The Hall–Kier alpha value is -0.870. The second-order valence-corrected chi connectivity index (χ2v) is 7.22. The number of aliphatic hydroxyl groups excluding tert-OH is 2. The van der Waals surface area contributed by atoms with Crippen molar-refractivity contribution in [2.45, 2.75) is 103 Å². The van der Waals surface area contributed by atoms with Crippen LogP contribution in [0.3, 0.4) is 0 Å². The van der Waals surface area contributed by atoms with Crippen LogP contribution in [0.25, 0.3) is 0 Å². The van der Waals surface area contributed by atoms with Crippen molar-refractivity contribution in [1.82, 2.24) is 0 Å². The van der Waals surface area contributed by atoms with Crippen LogP contribution in [-0.2, 0) is 4.79 Å². The van der Waals surface area contributed by atoms with Gasteiger partial charge in [0.1, 0.15) is 0 Å². The lowest BCUT2D eigenvalue weighted by atomic mass is 9.92. The summed E-state index contributed by atoms with van der Waals surface area (Å²) in [6, 6.07) is 0. The predicted molar refractivity (Wildman–Crippen MR) is 96.9 cm³/mol. The number of carboxylic acids is 1. The lowest BCUT2D eigenvalue weighted by Gasteiger charge is -2.17. The van der Waals surface area contributed by atoms with Gasteiger partial charge in [0.15, 0.2) is 0 Å². The molecule has 0 amide bonds. The Morgan fingerprint density at radius 3 is 2.67 bits per heavy atom. The van der Waals surface area contributed by atoms with E-state index in [-0.39, 0.29) is 24.5 Å². The summed E-state index contributed by atoms with van der Waals surface area (Å²) in [5.74, 6) is -0.476. The Morgan fingerprint density at radius 2 is 1.96 bits per heavy atom. The summed E-state index contributed by atoms with van der Waals surface area (Å²) in [5.41, 5.74) is 1.32. The number of unbranched alkanes of at least 4 members (excludes halogenated alkanes) is 5. The first-order valence-electron chi connectivity index (χ1n) is 9.81. The number of hydrogen-bond donors (Lipinski definition) is 3. The monoisotopic (exact) mass is 340 g/mol. The van der Waals surface area contributed by atoms with Gasteiger partial charge in [-0.1, -0.05) is 57.1 Å². The number of rotatable bonds is 13. The highest BCUT2D eigenvalue weighted by atomic mass is 16.4. The molecule has 1 fully saturated rings. The normalized spacial score (nSPS) is 23.7. The van der Waals surface area contributed by atoms with Crippen molar-refractivity contribution >= 4 is 5.97 Å². The van der Waals surface area contributed by atoms with Crippen LogP contribution in [0.1, 0.15) is 90.4 Å². The zero-order valence-electron chi connectivity index (χ0n) is 15.3. The number of carboxylic acid groups (broad SMARTS) is 1. The largest absolute Gasteiger partial charge is 0.481 e. The molecule has 1 unspecified atom stereocenters. The van der Waals surface area contributed by atoms with E-state index in [4.69, 9.17) is 5.11 Å². The van der Waals surface area contributed by atoms with Crippen molar-refractivity contribution in [3.8, 4) is 0 Å². The topological polar surface area (TPSA) is 77.8 Å². The second-order valence-electron chi connectivity index (χ2n) is 7.22. The van der Waals surface area contributed by atoms with Crippen LogP contribution in [-0.4, -0.2) is 33.5 Å². The van der Waals surface area contributed by atoms with E-state index in [9.17, 15) is 15.0 Å².